The molecule has 0 spiro atoms. The van der Waals surface area contributed by atoms with E-state index in [-0.39, 0.29) is 6.42 Å². The van der Waals surface area contributed by atoms with Crippen LogP contribution in [-0.2, 0) is 17.8 Å². The first-order chi connectivity index (χ1) is 9.63. The van der Waals surface area contributed by atoms with Crippen molar-refractivity contribution in [3.8, 4) is 0 Å². The highest BCUT2D eigenvalue weighted by Crippen LogP contribution is 2.13. The van der Waals surface area contributed by atoms with Crippen molar-refractivity contribution in [1.82, 2.24) is 9.97 Å². The molecule has 2 N–H and O–H groups in total. The summed E-state index contributed by atoms with van der Waals surface area (Å²) in [5.74, 6) is -0.0284. The van der Waals surface area contributed by atoms with Crippen molar-refractivity contribution in [2.24, 2.45) is 0 Å². The zero-order valence-corrected chi connectivity index (χ0v) is 11.3. The molecule has 5 heteroatoms. The van der Waals surface area contributed by atoms with Gasteiger partial charge in [0.2, 0.25) is 0 Å². The van der Waals surface area contributed by atoms with Crippen molar-refractivity contribution < 1.29 is 9.90 Å². The van der Waals surface area contributed by atoms with Gasteiger partial charge in [-0.3, -0.25) is 4.79 Å². The van der Waals surface area contributed by atoms with Crippen molar-refractivity contribution in [3.63, 3.8) is 0 Å². The van der Waals surface area contributed by atoms with Crippen LogP contribution in [0.5, 0.6) is 0 Å². The Morgan fingerprint density at radius 1 is 1.35 bits per heavy atom. The minimum Gasteiger partial charge on any atom is -0.481 e. The largest absolute Gasteiger partial charge is 0.481 e. The van der Waals surface area contributed by atoms with E-state index in [1.54, 1.807) is 6.20 Å². The van der Waals surface area contributed by atoms with Gasteiger partial charge in [-0.2, -0.15) is 0 Å². The number of benzene rings is 1. The first-order valence-electron chi connectivity index (χ1n) is 6.46. The molecule has 0 unspecified atom stereocenters. The molecular weight excluding hydrogens is 254 g/mol. The van der Waals surface area contributed by atoms with Crippen LogP contribution in [-0.4, -0.2) is 21.0 Å². The third-order valence-electron chi connectivity index (χ3n) is 2.86. The van der Waals surface area contributed by atoms with Gasteiger partial charge in [-0.25, -0.2) is 9.97 Å². The fourth-order valence-electron chi connectivity index (χ4n) is 1.88. The molecule has 0 amide bonds. The zero-order chi connectivity index (χ0) is 14.4. The van der Waals surface area contributed by atoms with Crippen LogP contribution in [0.2, 0.25) is 0 Å². The summed E-state index contributed by atoms with van der Waals surface area (Å²) in [6.45, 7) is 2.47. The molecule has 1 aromatic heterocycles. The molecule has 0 aliphatic heterocycles. The Morgan fingerprint density at radius 2 is 2.20 bits per heavy atom. The lowest BCUT2D eigenvalue weighted by atomic mass is 10.1. The minimum atomic E-state index is -0.778. The van der Waals surface area contributed by atoms with Crippen LogP contribution in [0.25, 0.3) is 0 Å². The lowest BCUT2D eigenvalue weighted by Gasteiger charge is -2.08. The summed E-state index contributed by atoms with van der Waals surface area (Å²) in [7, 11) is 0. The summed E-state index contributed by atoms with van der Waals surface area (Å²) in [4.78, 5) is 18.9. The molecule has 0 aliphatic rings. The van der Waals surface area contributed by atoms with Crippen LogP contribution in [0.15, 0.2) is 36.5 Å². The van der Waals surface area contributed by atoms with E-state index in [1.807, 2.05) is 37.3 Å². The normalized spacial score (nSPS) is 10.2. The Kier molecular flexibility index (Phi) is 4.65. The van der Waals surface area contributed by atoms with Crippen LogP contribution in [0.1, 0.15) is 23.5 Å². The Morgan fingerprint density at radius 3 is 2.95 bits per heavy atom. The van der Waals surface area contributed by atoms with Crippen molar-refractivity contribution in [2.75, 3.05) is 5.32 Å². The average Bonchev–Trinajstić information content (AvgIpc) is 2.43. The van der Waals surface area contributed by atoms with Gasteiger partial charge >= 0.3 is 5.97 Å². The SMILES string of the molecule is Cc1nccc(CNc2cccc(CCC(=O)O)c2)n1. The number of hydrogen-bond donors (Lipinski definition) is 2. The van der Waals surface area contributed by atoms with E-state index < -0.39 is 5.97 Å². The summed E-state index contributed by atoms with van der Waals surface area (Å²) in [6.07, 6.45) is 2.43. The lowest BCUT2D eigenvalue weighted by Crippen LogP contribution is -2.04. The van der Waals surface area contributed by atoms with Crippen molar-refractivity contribution in [3.05, 3.63) is 53.6 Å². The Bertz CT molecular complexity index is 599. The third-order valence-corrected chi connectivity index (χ3v) is 2.86. The van der Waals surface area contributed by atoms with Crippen molar-refractivity contribution in [1.29, 1.82) is 0 Å². The fraction of sp³-hybridized carbons (Fsp3) is 0.267. The molecule has 0 atom stereocenters. The molecule has 2 rings (SSSR count). The average molecular weight is 271 g/mol. The Hall–Kier alpha value is -2.43. The fourth-order valence-corrected chi connectivity index (χ4v) is 1.88. The maximum Gasteiger partial charge on any atom is 0.303 e. The molecule has 0 fully saturated rings. The van der Waals surface area contributed by atoms with E-state index in [1.165, 1.54) is 0 Å². The van der Waals surface area contributed by atoms with Gasteiger partial charge in [0.15, 0.2) is 0 Å². The summed E-state index contributed by atoms with van der Waals surface area (Å²) in [5.41, 5.74) is 2.90. The smallest absolute Gasteiger partial charge is 0.303 e. The molecule has 0 aliphatic carbocycles. The van der Waals surface area contributed by atoms with Crippen LogP contribution in [0.3, 0.4) is 0 Å². The Balaban J connectivity index is 1.95. The predicted molar refractivity (Wildman–Crippen MR) is 76.5 cm³/mol. The molecule has 20 heavy (non-hydrogen) atoms. The highest BCUT2D eigenvalue weighted by molar-refractivity contribution is 5.67. The first kappa shape index (κ1) is 14.0. The lowest BCUT2D eigenvalue weighted by molar-refractivity contribution is -0.136. The van der Waals surface area contributed by atoms with Crippen LogP contribution >= 0.6 is 0 Å². The molecule has 104 valence electrons. The summed E-state index contributed by atoms with van der Waals surface area (Å²) >= 11 is 0. The quantitative estimate of drug-likeness (QED) is 0.844. The topological polar surface area (TPSA) is 75.1 Å². The number of aliphatic carboxylic acids is 1. The molecular formula is C15H17N3O2. The van der Waals surface area contributed by atoms with E-state index in [0.717, 1.165) is 22.8 Å². The van der Waals surface area contributed by atoms with Gasteiger partial charge < -0.3 is 10.4 Å². The monoisotopic (exact) mass is 271 g/mol. The third kappa shape index (κ3) is 4.35. The first-order valence-corrected chi connectivity index (χ1v) is 6.46. The molecule has 5 nitrogen and oxygen atoms in total. The van der Waals surface area contributed by atoms with Gasteiger partial charge in [-0.1, -0.05) is 12.1 Å². The van der Waals surface area contributed by atoms with Gasteiger partial charge in [0.1, 0.15) is 5.82 Å². The van der Waals surface area contributed by atoms with Gasteiger partial charge in [-0.05, 0) is 37.1 Å². The summed E-state index contributed by atoms with van der Waals surface area (Å²) < 4.78 is 0. The zero-order valence-electron chi connectivity index (χ0n) is 11.3. The maximum atomic E-state index is 10.6. The number of aryl methyl sites for hydroxylation is 2. The second-order valence-electron chi connectivity index (χ2n) is 4.54. The van der Waals surface area contributed by atoms with Crippen LogP contribution in [0, 0.1) is 6.92 Å². The molecule has 0 bridgehead atoms. The molecule has 0 saturated carbocycles. The second kappa shape index (κ2) is 6.65. The Labute approximate surface area is 117 Å². The van der Waals surface area contributed by atoms with E-state index in [0.29, 0.717) is 13.0 Å². The number of hydrogen-bond acceptors (Lipinski definition) is 4. The van der Waals surface area contributed by atoms with Gasteiger partial charge in [0.05, 0.1) is 12.2 Å². The number of carbonyl (C=O) groups is 1. The second-order valence-corrected chi connectivity index (χ2v) is 4.54. The number of anilines is 1. The molecule has 1 heterocycles. The van der Waals surface area contributed by atoms with E-state index >= 15 is 0 Å². The molecule has 2 aromatic rings. The molecule has 1 aromatic carbocycles. The van der Waals surface area contributed by atoms with Gasteiger partial charge in [-0.15, -0.1) is 0 Å². The number of carboxylic acid groups (broad SMARTS) is 1. The molecule has 0 saturated heterocycles. The number of aromatic nitrogens is 2. The van der Waals surface area contributed by atoms with Crippen LogP contribution in [0.4, 0.5) is 5.69 Å². The highest BCUT2D eigenvalue weighted by atomic mass is 16.4. The predicted octanol–water partition coefficient (Wildman–Crippen LogP) is 2.41. The van der Waals surface area contributed by atoms with E-state index in [4.69, 9.17) is 5.11 Å². The number of nitrogens with one attached hydrogen (secondary N) is 1. The van der Waals surface area contributed by atoms with E-state index in [9.17, 15) is 4.79 Å². The van der Waals surface area contributed by atoms with Crippen molar-refractivity contribution in [2.45, 2.75) is 26.3 Å². The molecule has 0 radical (unpaired) electrons. The number of carboxylic acids is 1. The van der Waals surface area contributed by atoms with E-state index in [2.05, 4.69) is 15.3 Å². The van der Waals surface area contributed by atoms with Gasteiger partial charge in [0, 0.05) is 18.3 Å². The number of rotatable bonds is 6. The van der Waals surface area contributed by atoms with Crippen molar-refractivity contribution >= 4 is 11.7 Å². The summed E-state index contributed by atoms with van der Waals surface area (Å²) in [5, 5.41) is 12.0. The van der Waals surface area contributed by atoms with Gasteiger partial charge in [0.25, 0.3) is 0 Å². The summed E-state index contributed by atoms with van der Waals surface area (Å²) in [6, 6.07) is 9.65. The number of nitrogens with zero attached hydrogens (tertiary/aromatic N) is 2. The minimum absolute atomic E-state index is 0.147. The highest BCUT2D eigenvalue weighted by Gasteiger charge is 2.01. The van der Waals surface area contributed by atoms with Crippen LogP contribution < -0.4 is 5.32 Å². The standard InChI is InChI=1S/C15H17N3O2/c1-11-16-8-7-14(18-11)10-17-13-4-2-3-12(9-13)5-6-15(19)20/h2-4,7-9,17H,5-6,10H2,1H3,(H,19,20). The maximum absolute atomic E-state index is 10.6.